The van der Waals surface area contributed by atoms with E-state index >= 15 is 0 Å². The van der Waals surface area contributed by atoms with Crippen molar-refractivity contribution in [3.05, 3.63) is 23.8 Å². The third kappa shape index (κ3) is 5.06. The van der Waals surface area contributed by atoms with Crippen molar-refractivity contribution < 1.29 is 9.53 Å². The Labute approximate surface area is 216 Å². The van der Waals surface area contributed by atoms with Gasteiger partial charge in [-0.3, -0.25) is 4.79 Å². The van der Waals surface area contributed by atoms with Gasteiger partial charge in [-0.15, -0.1) is 0 Å². The van der Waals surface area contributed by atoms with E-state index in [0.29, 0.717) is 23.2 Å². The summed E-state index contributed by atoms with van der Waals surface area (Å²) >= 11 is 0. The van der Waals surface area contributed by atoms with E-state index in [1.54, 1.807) is 5.57 Å². The second-order valence-electron chi connectivity index (χ2n) is 13.7. The minimum atomic E-state index is 0.00244. The molecule has 0 unspecified atom stereocenters. The molecule has 0 aromatic heterocycles. The Bertz CT molecular complexity index is 808. The molecule has 0 saturated heterocycles. The van der Waals surface area contributed by atoms with Crippen LogP contribution in [0.2, 0.25) is 0 Å². The summed E-state index contributed by atoms with van der Waals surface area (Å²) in [6.07, 6.45) is 20.7. The Balaban J connectivity index is 1.46. The minimum absolute atomic E-state index is 0.00244. The summed E-state index contributed by atoms with van der Waals surface area (Å²) in [5.74, 6) is 5.53. The average Bonchev–Trinajstić information content (AvgIpc) is 3.17. The number of hydrogen-bond acceptors (Lipinski definition) is 2. The summed E-state index contributed by atoms with van der Waals surface area (Å²) in [6.45, 7) is 16.9. The standard InChI is InChI=1S/C33H54O2/c1-8-10-31(34)35-26-17-19-32(6)25(21-26)13-14-27-29-16-15-28(33(29,7)20-18-30(27)32)23(5)11-12-24(9-2)22(3)4/h11-13,22-24,26-30H,8-10,14-21H2,1-7H3/b12-11+/t23-,24-,26+,27+,28-,29+,30+,32+,33-/m1/s1. The lowest BCUT2D eigenvalue weighted by molar-refractivity contribution is -0.151. The van der Waals surface area contributed by atoms with Gasteiger partial charge < -0.3 is 4.74 Å². The molecule has 35 heavy (non-hydrogen) atoms. The highest BCUT2D eigenvalue weighted by molar-refractivity contribution is 5.69. The maximum absolute atomic E-state index is 12.1. The van der Waals surface area contributed by atoms with Gasteiger partial charge in [0, 0.05) is 12.8 Å². The summed E-state index contributed by atoms with van der Waals surface area (Å²) in [5, 5.41) is 0. The highest BCUT2D eigenvalue weighted by atomic mass is 16.5. The van der Waals surface area contributed by atoms with E-state index in [4.69, 9.17) is 4.74 Å². The molecule has 0 N–H and O–H groups in total. The molecule has 2 nitrogen and oxygen atoms in total. The van der Waals surface area contributed by atoms with Crippen LogP contribution in [0.25, 0.3) is 0 Å². The lowest BCUT2D eigenvalue weighted by atomic mass is 9.47. The topological polar surface area (TPSA) is 26.3 Å². The van der Waals surface area contributed by atoms with Gasteiger partial charge in [0.05, 0.1) is 0 Å². The first-order valence-corrected chi connectivity index (χ1v) is 15.2. The molecule has 4 rings (SSSR count). The van der Waals surface area contributed by atoms with Gasteiger partial charge in [-0.25, -0.2) is 0 Å². The van der Waals surface area contributed by atoms with E-state index in [1.165, 1.54) is 44.9 Å². The average molecular weight is 483 g/mol. The van der Waals surface area contributed by atoms with Crippen molar-refractivity contribution in [3.8, 4) is 0 Å². The highest BCUT2D eigenvalue weighted by Gasteiger charge is 2.59. The fourth-order valence-electron chi connectivity index (χ4n) is 9.36. The third-order valence-corrected chi connectivity index (χ3v) is 11.5. The molecule has 3 saturated carbocycles. The Kier molecular flexibility index (Phi) is 8.29. The summed E-state index contributed by atoms with van der Waals surface area (Å²) in [7, 11) is 0. The lowest BCUT2D eigenvalue weighted by Crippen LogP contribution is -2.51. The van der Waals surface area contributed by atoms with Crippen LogP contribution >= 0.6 is 0 Å². The smallest absolute Gasteiger partial charge is 0.306 e. The Morgan fingerprint density at radius 3 is 2.51 bits per heavy atom. The predicted molar refractivity (Wildman–Crippen MR) is 147 cm³/mol. The van der Waals surface area contributed by atoms with E-state index in [2.05, 4.69) is 66.7 Å². The molecule has 0 heterocycles. The van der Waals surface area contributed by atoms with Crippen molar-refractivity contribution in [2.45, 2.75) is 125 Å². The molecule has 0 spiro atoms. The molecule has 0 aromatic rings. The van der Waals surface area contributed by atoms with Crippen molar-refractivity contribution in [3.63, 3.8) is 0 Å². The van der Waals surface area contributed by atoms with E-state index in [0.717, 1.165) is 54.8 Å². The quantitative estimate of drug-likeness (QED) is 0.255. The van der Waals surface area contributed by atoms with Crippen molar-refractivity contribution in [1.82, 2.24) is 0 Å². The van der Waals surface area contributed by atoms with E-state index in [-0.39, 0.29) is 12.1 Å². The normalized spacial score (nSPS) is 40.6. The molecule has 4 aliphatic carbocycles. The number of carbonyl (C=O) groups excluding carboxylic acids is 1. The SMILES string of the molecule is CCCC(=O)O[C@H]1CC[C@@]2(C)C(=CC[C@H]3[C@@H]4CC[C@H]([C@H](C)/C=C/[C@@H](CC)C(C)C)[C@@]4(C)CC[C@@H]32)C1. The Morgan fingerprint density at radius 2 is 1.83 bits per heavy atom. The van der Waals surface area contributed by atoms with Gasteiger partial charge in [0.1, 0.15) is 6.10 Å². The zero-order valence-corrected chi connectivity index (χ0v) is 23.9. The molecule has 2 heteroatoms. The van der Waals surface area contributed by atoms with Gasteiger partial charge in [-0.05, 0) is 110 Å². The zero-order chi connectivity index (χ0) is 25.4. The van der Waals surface area contributed by atoms with Crippen molar-refractivity contribution in [1.29, 1.82) is 0 Å². The van der Waals surface area contributed by atoms with Gasteiger partial charge in [0.15, 0.2) is 0 Å². The number of ether oxygens (including phenoxy) is 1. The monoisotopic (exact) mass is 482 g/mol. The van der Waals surface area contributed by atoms with Crippen LogP contribution in [0.15, 0.2) is 23.8 Å². The Hall–Kier alpha value is -1.05. The van der Waals surface area contributed by atoms with E-state index in [1.807, 2.05) is 0 Å². The van der Waals surface area contributed by atoms with Crippen molar-refractivity contribution >= 4 is 5.97 Å². The van der Waals surface area contributed by atoms with Crippen LogP contribution in [0.3, 0.4) is 0 Å². The van der Waals surface area contributed by atoms with Crippen LogP contribution < -0.4 is 0 Å². The summed E-state index contributed by atoms with van der Waals surface area (Å²) in [4.78, 5) is 12.1. The molecule has 0 aromatic carbocycles. The van der Waals surface area contributed by atoms with Gasteiger partial charge in [-0.1, -0.05) is 72.3 Å². The first kappa shape index (κ1) is 27.0. The van der Waals surface area contributed by atoms with Crippen molar-refractivity contribution in [2.75, 3.05) is 0 Å². The van der Waals surface area contributed by atoms with Crippen molar-refractivity contribution in [2.24, 2.45) is 52.3 Å². The van der Waals surface area contributed by atoms with Crippen LogP contribution in [-0.4, -0.2) is 12.1 Å². The van der Waals surface area contributed by atoms with Crippen LogP contribution in [0.1, 0.15) is 119 Å². The van der Waals surface area contributed by atoms with E-state index in [9.17, 15) is 4.79 Å². The van der Waals surface area contributed by atoms with Gasteiger partial charge in [-0.2, -0.15) is 0 Å². The second-order valence-corrected chi connectivity index (χ2v) is 13.7. The van der Waals surface area contributed by atoms with E-state index < -0.39 is 0 Å². The lowest BCUT2D eigenvalue weighted by Gasteiger charge is -2.58. The molecular formula is C33H54O2. The predicted octanol–water partition coefficient (Wildman–Crippen LogP) is 9.15. The fraction of sp³-hybridized carbons (Fsp3) is 0.848. The molecule has 0 bridgehead atoms. The first-order valence-electron chi connectivity index (χ1n) is 15.2. The van der Waals surface area contributed by atoms with Crippen LogP contribution in [-0.2, 0) is 9.53 Å². The molecule has 0 radical (unpaired) electrons. The summed E-state index contributed by atoms with van der Waals surface area (Å²) in [5.41, 5.74) is 2.44. The largest absolute Gasteiger partial charge is 0.462 e. The number of fused-ring (bicyclic) bond motifs is 5. The fourth-order valence-corrected chi connectivity index (χ4v) is 9.36. The van der Waals surface area contributed by atoms with Gasteiger partial charge >= 0.3 is 5.97 Å². The summed E-state index contributed by atoms with van der Waals surface area (Å²) in [6, 6.07) is 0. The minimum Gasteiger partial charge on any atom is -0.462 e. The number of carbonyl (C=O) groups is 1. The second kappa shape index (κ2) is 10.7. The molecule has 9 atom stereocenters. The molecule has 0 amide bonds. The third-order valence-electron chi connectivity index (χ3n) is 11.5. The number of hydrogen-bond donors (Lipinski definition) is 0. The molecule has 4 aliphatic rings. The number of esters is 1. The van der Waals surface area contributed by atoms with Crippen LogP contribution in [0, 0.1) is 52.3 Å². The zero-order valence-electron chi connectivity index (χ0n) is 23.9. The number of allylic oxidation sites excluding steroid dienone is 3. The molecule has 3 fully saturated rings. The number of rotatable bonds is 8. The first-order chi connectivity index (χ1) is 16.6. The maximum atomic E-state index is 12.1. The van der Waals surface area contributed by atoms with Crippen LogP contribution in [0.4, 0.5) is 0 Å². The maximum Gasteiger partial charge on any atom is 0.306 e. The molecule has 0 aliphatic heterocycles. The van der Waals surface area contributed by atoms with Gasteiger partial charge in [0.25, 0.3) is 0 Å². The molecular weight excluding hydrogens is 428 g/mol. The summed E-state index contributed by atoms with van der Waals surface area (Å²) < 4.78 is 5.86. The van der Waals surface area contributed by atoms with Gasteiger partial charge in [0.2, 0.25) is 0 Å². The Morgan fingerprint density at radius 1 is 1.06 bits per heavy atom. The molecule has 198 valence electrons. The highest BCUT2D eigenvalue weighted by Crippen LogP contribution is 2.67. The van der Waals surface area contributed by atoms with Crippen LogP contribution in [0.5, 0.6) is 0 Å².